The van der Waals surface area contributed by atoms with Gasteiger partial charge in [-0.25, -0.2) is 4.98 Å². The number of carbonyl (C=O) groups excluding carboxylic acids is 2. The predicted octanol–water partition coefficient (Wildman–Crippen LogP) is 2.05. The van der Waals surface area contributed by atoms with Crippen molar-refractivity contribution in [2.45, 2.75) is 63.7 Å². The molecule has 0 radical (unpaired) electrons. The summed E-state index contributed by atoms with van der Waals surface area (Å²) in [5.41, 5.74) is 0.575. The number of rotatable bonds is 6. The number of ether oxygens (including phenoxy) is 1. The van der Waals surface area contributed by atoms with Gasteiger partial charge in [-0.15, -0.1) is 0 Å². The zero-order valence-corrected chi connectivity index (χ0v) is 22.3. The van der Waals surface area contributed by atoms with E-state index in [4.69, 9.17) is 4.74 Å². The second kappa shape index (κ2) is 11.9. The van der Waals surface area contributed by atoms with Crippen LogP contribution in [-0.4, -0.2) is 86.3 Å². The summed E-state index contributed by atoms with van der Waals surface area (Å²) in [5, 5.41) is 20.5. The number of amides is 2. The molecule has 4 rings (SSSR count). The van der Waals surface area contributed by atoms with Gasteiger partial charge in [0.1, 0.15) is 17.3 Å². The van der Waals surface area contributed by atoms with Gasteiger partial charge in [-0.3, -0.25) is 14.6 Å². The lowest BCUT2D eigenvalue weighted by Gasteiger charge is -2.37. The third-order valence-electron chi connectivity index (χ3n) is 7.35. The van der Waals surface area contributed by atoms with Crippen LogP contribution in [0.25, 0.3) is 0 Å². The first-order valence-electron chi connectivity index (χ1n) is 13.2. The fraction of sp³-hybridized carbons (Fsp3) is 0.517. The molecule has 3 atom stereocenters. The molecule has 202 valence electrons. The van der Waals surface area contributed by atoms with Crippen molar-refractivity contribution >= 4 is 11.8 Å². The maximum absolute atomic E-state index is 13.6. The SMILES string of the molecule is C[C@@H]1CN([C@@H](C)CO)C(=O)c2cc(C#CC3(O)CCCC3)cnc2O[C@H]1CN(C)C(=O)Cc1cccnc1. The van der Waals surface area contributed by atoms with E-state index in [1.165, 1.54) is 6.20 Å². The Morgan fingerprint density at radius 1 is 1.34 bits per heavy atom. The van der Waals surface area contributed by atoms with E-state index in [-0.39, 0.29) is 42.2 Å². The molecule has 2 aliphatic rings. The first kappa shape index (κ1) is 27.6. The molecule has 2 aromatic rings. The molecule has 0 unspecified atom stereocenters. The Kier molecular flexibility index (Phi) is 8.65. The van der Waals surface area contributed by atoms with Crippen molar-refractivity contribution in [1.29, 1.82) is 0 Å². The average molecular weight is 521 g/mol. The minimum atomic E-state index is -1.00. The van der Waals surface area contributed by atoms with Crippen LogP contribution in [0.5, 0.6) is 5.88 Å². The number of aliphatic hydroxyl groups excluding tert-OH is 1. The van der Waals surface area contributed by atoms with Crippen LogP contribution in [-0.2, 0) is 11.2 Å². The molecule has 0 spiro atoms. The van der Waals surface area contributed by atoms with Crippen molar-refractivity contribution in [3.05, 3.63) is 53.5 Å². The lowest BCUT2D eigenvalue weighted by molar-refractivity contribution is -0.130. The maximum atomic E-state index is 13.6. The van der Waals surface area contributed by atoms with Crippen molar-refractivity contribution < 1.29 is 24.5 Å². The summed E-state index contributed by atoms with van der Waals surface area (Å²) in [5.74, 6) is 5.59. The van der Waals surface area contributed by atoms with Crippen LogP contribution in [0.1, 0.15) is 61.0 Å². The molecule has 1 fully saturated rings. The summed E-state index contributed by atoms with van der Waals surface area (Å²) >= 11 is 0. The number of aromatic nitrogens is 2. The van der Waals surface area contributed by atoms with Gasteiger partial charge in [-0.2, -0.15) is 0 Å². The maximum Gasteiger partial charge on any atom is 0.259 e. The molecule has 2 amide bonds. The standard InChI is InChI=1S/C29H36N4O5/c1-20-17-33(21(2)19-34)28(36)24-13-23(8-11-29(37)9-4-5-10-29)16-31-27(24)38-25(20)18-32(3)26(35)14-22-7-6-12-30-15-22/h6-7,12-13,15-16,20-21,25,34,37H,4-5,9-10,14,17-19H2,1-3H3/t20-,21+,25+/m1/s1. The number of hydrogen-bond acceptors (Lipinski definition) is 7. The summed E-state index contributed by atoms with van der Waals surface area (Å²) in [6.45, 7) is 4.19. The van der Waals surface area contributed by atoms with Crippen molar-refractivity contribution in [2.75, 3.05) is 26.7 Å². The van der Waals surface area contributed by atoms with Crippen molar-refractivity contribution in [1.82, 2.24) is 19.8 Å². The lowest BCUT2D eigenvalue weighted by Crippen LogP contribution is -2.50. The van der Waals surface area contributed by atoms with Gasteiger partial charge in [0, 0.05) is 43.7 Å². The van der Waals surface area contributed by atoms with E-state index in [2.05, 4.69) is 21.8 Å². The van der Waals surface area contributed by atoms with Crippen molar-refractivity contribution in [3.8, 4) is 17.7 Å². The lowest BCUT2D eigenvalue weighted by atomic mass is 9.99. The van der Waals surface area contributed by atoms with Gasteiger partial charge in [-0.1, -0.05) is 24.8 Å². The molecule has 38 heavy (non-hydrogen) atoms. The van der Waals surface area contributed by atoms with E-state index in [1.54, 1.807) is 48.3 Å². The molecule has 2 N–H and O–H groups in total. The van der Waals surface area contributed by atoms with Crippen LogP contribution in [0.3, 0.4) is 0 Å². The van der Waals surface area contributed by atoms with Gasteiger partial charge >= 0.3 is 0 Å². The summed E-state index contributed by atoms with van der Waals surface area (Å²) in [7, 11) is 1.73. The van der Waals surface area contributed by atoms with Crippen LogP contribution >= 0.6 is 0 Å². The number of aliphatic hydroxyl groups is 2. The summed E-state index contributed by atoms with van der Waals surface area (Å²) in [6.07, 6.45) is 7.80. The molecular formula is C29H36N4O5. The third kappa shape index (κ3) is 6.50. The van der Waals surface area contributed by atoms with Gasteiger partial charge in [0.15, 0.2) is 0 Å². The van der Waals surface area contributed by atoms with Crippen molar-refractivity contribution in [2.24, 2.45) is 5.92 Å². The van der Waals surface area contributed by atoms with Crippen molar-refractivity contribution in [3.63, 3.8) is 0 Å². The Labute approximate surface area is 223 Å². The Morgan fingerprint density at radius 2 is 2.11 bits per heavy atom. The molecule has 0 bridgehead atoms. The molecule has 9 heteroatoms. The van der Waals surface area contributed by atoms with Gasteiger partial charge in [0.05, 0.1) is 25.6 Å². The van der Waals surface area contributed by atoms with Crippen LogP contribution < -0.4 is 4.74 Å². The molecule has 2 aromatic heterocycles. The van der Waals surface area contributed by atoms with Crippen LogP contribution in [0, 0.1) is 17.8 Å². The Morgan fingerprint density at radius 3 is 2.79 bits per heavy atom. The smallest absolute Gasteiger partial charge is 0.259 e. The fourth-order valence-electron chi connectivity index (χ4n) is 4.85. The highest BCUT2D eigenvalue weighted by molar-refractivity contribution is 5.97. The zero-order chi connectivity index (χ0) is 27.3. The minimum absolute atomic E-state index is 0.0730. The summed E-state index contributed by atoms with van der Waals surface area (Å²) in [4.78, 5) is 38.2. The van der Waals surface area contributed by atoms with E-state index in [0.29, 0.717) is 31.5 Å². The van der Waals surface area contributed by atoms with E-state index < -0.39 is 17.7 Å². The number of carbonyl (C=O) groups is 2. The number of fused-ring (bicyclic) bond motifs is 1. The Balaban J connectivity index is 1.60. The largest absolute Gasteiger partial charge is 0.472 e. The molecule has 9 nitrogen and oxygen atoms in total. The molecule has 1 aliphatic carbocycles. The van der Waals surface area contributed by atoms with Crippen LogP contribution in [0.15, 0.2) is 36.8 Å². The minimum Gasteiger partial charge on any atom is -0.472 e. The first-order chi connectivity index (χ1) is 18.2. The predicted molar refractivity (Wildman–Crippen MR) is 141 cm³/mol. The van der Waals surface area contributed by atoms with E-state index in [0.717, 1.165) is 18.4 Å². The first-order valence-corrected chi connectivity index (χ1v) is 13.2. The summed E-state index contributed by atoms with van der Waals surface area (Å²) in [6, 6.07) is 4.87. The summed E-state index contributed by atoms with van der Waals surface area (Å²) < 4.78 is 6.28. The highest BCUT2D eigenvalue weighted by Gasteiger charge is 2.35. The van der Waals surface area contributed by atoms with Gasteiger partial charge in [0.2, 0.25) is 11.8 Å². The van der Waals surface area contributed by atoms with Gasteiger partial charge in [0.25, 0.3) is 5.91 Å². The molecule has 0 aromatic carbocycles. The second-order valence-electron chi connectivity index (χ2n) is 10.5. The molecule has 0 saturated heterocycles. The quantitative estimate of drug-likeness (QED) is 0.560. The van der Waals surface area contributed by atoms with E-state index >= 15 is 0 Å². The van der Waals surface area contributed by atoms with Gasteiger partial charge < -0.3 is 24.7 Å². The molecule has 3 heterocycles. The highest BCUT2D eigenvalue weighted by atomic mass is 16.5. The Bertz CT molecular complexity index is 1200. The number of pyridine rings is 2. The second-order valence-corrected chi connectivity index (χ2v) is 10.5. The molecule has 1 saturated carbocycles. The fourth-order valence-corrected chi connectivity index (χ4v) is 4.85. The normalized spacial score (nSPS) is 21.3. The van der Waals surface area contributed by atoms with E-state index in [1.807, 2.05) is 13.0 Å². The third-order valence-corrected chi connectivity index (χ3v) is 7.35. The number of hydrogen-bond donors (Lipinski definition) is 2. The highest BCUT2D eigenvalue weighted by Crippen LogP contribution is 2.30. The molecule has 1 aliphatic heterocycles. The number of nitrogens with zero attached hydrogens (tertiary/aromatic N) is 4. The topological polar surface area (TPSA) is 116 Å². The monoisotopic (exact) mass is 520 g/mol. The van der Waals surface area contributed by atoms with Gasteiger partial charge in [-0.05, 0) is 50.3 Å². The van der Waals surface area contributed by atoms with E-state index in [9.17, 15) is 19.8 Å². The van der Waals surface area contributed by atoms with Crippen LogP contribution in [0.4, 0.5) is 0 Å². The molecular weight excluding hydrogens is 484 g/mol. The van der Waals surface area contributed by atoms with Crippen LogP contribution in [0.2, 0.25) is 0 Å². The number of likely N-dealkylation sites (N-methyl/N-ethyl adjacent to an activating group) is 1. The zero-order valence-electron chi connectivity index (χ0n) is 22.3. The average Bonchev–Trinajstić information content (AvgIpc) is 3.36. The Hall–Kier alpha value is -3.48.